The van der Waals surface area contributed by atoms with Gasteiger partial charge in [0.1, 0.15) is 19.8 Å². The molecule has 1 atom stereocenters. The van der Waals surface area contributed by atoms with Crippen LogP contribution in [0.25, 0.3) is 11.0 Å². The van der Waals surface area contributed by atoms with Gasteiger partial charge in [-0.15, -0.1) is 0 Å². The van der Waals surface area contributed by atoms with Crippen LogP contribution >= 0.6 is 0 Å². The second kappa shape index (κ2) is 8.40. The molecule has 0 saturated heterocycles. The smallest absolute Gasteiger partial charge is 0.449 e. The monoisotopic (exact) mass is 449 g/mol. The van der Waals surface area contributed by atoms with Crippen molar-refractivity contribution in [2.24, 2.45) is 0 Å². The Morgan fingerprint density at radius 3 is 2.62 bits per heavy atom. The molecule has 1 unspecified atom stereocenters. The molecular weight excluding hydrogens is 431 g/mol. The number of benzene rings is 2. The van der Waals surface area contributed by atoms with E-state index in [-0.39, 0.29) is 11.0 Å². The van der Waals surface area contributed by atoms with Crippen LogP contribution in [-0.2, 0) is 27.0 Å². The van der Waals surface area contributed by atoms with Gasteiger partial charge in [0.05, 0.1) is 11.0 Å². The molecule has 168 valence electrons. The molecule has 11 heteroatoms. The number of ether oxygens (including phenoxy) is 3. The van der Waals surface area contributed by atoms with E-state index < -0.39 is 36.5 Å². The van der Waals surface area contributed by atoms with Gasteiger partial charge < -0.3 is 24.1 Å². The molecule has 0 saturated carbocycles. The normalized spacial score (nSPS) is 14.1. The summed E-state index contributed by atoms with van der Waals surface area (Å²) in [5.74, 6) is -1.87. The number of amides is 1. The lowest BCUT2D eigenvalue weighted by atomic mass is 10.2. The number of nitrogens with one attached hydrogen (secondary N) is 1. The Balaban J connectivity index is 1.44. The summed E-state index contributed by atoms with van der Waals surface area (Å²) in [4.78, 5) is 28.3. The fourth-order valence-corrected chi connectivity index (χ4v) is 3.23. The predicted molar refractivity (Wildman–Crippen MR) is 106 cm³/mol. The molecule has 0 aliphatic carbocycles. The summed E-state index contributed by atoms with van der Waals surface area (Å²) >= 11 is 0. The number of hydrogen-bond donors (Lipinski definition) is 1. The summed E-state index contributed by atoms with van der Waals surface area (Å²) < 4.78 is 56.7. The van der Waals surface area contributed by atoms with Gasteiger partial charge in [-0.1, -0.05) is 12.1 Å². The second-order valence-electron chi connectivity index (χ2n) is 6.99. The summed E-state index contributed by atoms with van der Waals surface area (Å²) in [5, 5.41) is 2.57. The molecule has 0 spiro atoms. The Morgan fingerprint density at radius 1 is 1.16 bits per heavy atom. The van der Waals surface area contributed by atoms with Crippen molar-refractivity contribution < 1.29 is 37.0 Å². The van der Waals surface area contributed by atoms with E-state index in [9.17, 15) is 22.8 Å². The minimum Gasteiger partial charge on any atom is -0.486 e. The summed E-state index contributed by atoms with van der Waals surface area (Å²) in [5.41, 5.74) is 0.615. The van der Waals surface area contributed by atoms with E-state index in [2.05, 4.69) is 10.3 Å². The first kappa shape index (κ1) is 21.5. The van der Waals surface area contributed by atoms with Crippen LogP contribution in [0.3, 0.4) is 0 Å². The Hall–Kier alpha value is -3.76. The second-order valence-corrected chi connectivity index (χ2v) is 6.99. The standard InChI is InChI=1S/C21H18F3N3O5/c1-12(19(29)25-13-6-7-16-17(10-13)31-9-8-30-16)32-18(28)11-27-15-5-3-2-4-14(15)26-20(27)21(22,23)24/h2-7,10,12H,8-9,11H2,1H3,(H,25,29). The van der Waals surface area contributed by atoms with Gasteiger partial charge in [0.2, 0.25) is 5.82 Å². The van der Waals surface area contributed by atoms with E-state index in [4.69, 9.17) is 14.2 Å². The van der Waals surface area contributed by atoms with Crippen molar-refractivity contribution >= 4 is 28.6 Å². The zero-order chi connectivity index (χ0) is 22.9. The maximum Gasteiger partial charge on any atom is 0.449 e. The summed E-state index contributed by atoms with van der Waals surface area (Å²) in [6.07, 6.45) is -6.01. The van der Waals surface area contributed by atoms with Gasteiger partial charge in [0.15, 0.2) is 17.6 Å². The van der Waals surface area contributed by atoms with Crippen LogP contribution in [0, 0.1) is 0 Å². The lowest BCUT2D eigenvalue weighted by Gasteiger charge is -2.19. The Kier molecular flexibility index (Phi) is 5.64. The van der Waals surface area contributed by atoms with E-state index in [1.807, 2.05) is 0 Å². The quantitative estimate of drug-likeness (QED) is 0.601. The number of carbonyl (C=O) groups excluding carboxylic acids is 2. The number of halogens is 3. The van der Waals surface area contributed by atoms with Gasteiger partial charge in [-0.05, 0) is 31.2 Å². The van der Waals surface area contributed by atoms with Gasteiger partial charge in [0.25, 0.3) is 5.91 Å². The molecule has 1 amide bonds. The number of carbonyl (C=O) groups is 2. The van der Waals surface area contributed by atoms with Crippen LogP contribution in [0.2, 0.25) is 0 Å². The molecule has 2 heterocycles. The van der Waals surface area contributed by atoms with Crippen LogP contribution < -0.4 is 14.8 Å². The highest BCUT2D eigenvalue weighted by atomic mass is 19.4. The van der Waals surface area contributed by atoms with E-state index in [0.29, 0.717) is 30.4 Å². The zero-order valence-electron chi connectivity index (χ0n) is 16.8. The van der Waals surface area contributed by atoms with Gasteiger partial charge in [-0.3, -0.25) is 9.59 Å². The number of imidazole rings is 1. The fraction of sp³-hybridized carbons (Fsp3) is 0.286. The number of nitrogens with zero attached hydrogens (tertiary/aromatic N) is 2. The lowest BCUT2D eigenvalue weighted by molar-refractivity contribution is -0.156. The fourth-order valence-electron chi connectivity index (χ4n) is 3.23. The first-order chi connectivity index (χ1) is 15.2. The van der Waals surface area contributed by atoms with E-state index in [1.165, 1.54) is 25.1 Å². The topological polar surface area (TPSA) is 91.7 Å². The summed E-state index contributed by atoms with van der Waals surface area (Å²) in [7, 11) is 0. The van der Waals surface area contributed by atoms with Gasteiger partial charge in [-0.25, -0.2) is 4.98 Å². The van der Waals surface area contributed by atoms with Crippen molar-refractivity contribution in [2.45, 2.75) is 25.7 Å². The Morgan fingerprint density at radius 2 is 1.88 bits per heavy atom. The van der Waals surface area contributed by atoms with Crippen molar-refractivity contribution in [1.82, 2.24) is 9.55 Å². The molecule has 32 heavy (non-hydrogen) atoms. The van der Waals surface area contributed by atoms with E-state index in [1.54, 1.807) is 24.3 Å². The van der Waals surface area contributed by atoms with Crippen molar-refractivity contribution in [2.75, 3.05) is 18.5 Å². The highest BCUT2D eigenvalue weighted by Gasteiger charge is 2.38. The number of esters is 1. The summed E-state index contributed by atoms with van der Waals surface area (Å²) in [6, 6.07) is 10.7. The molecule has 4 rings (SSSR count). The van der Waals surface area contributed by atoms with Crippen LogP contribution in [0.15, 0.2) is 42.5 Å². The number of rotatable bonds is 5. The van der Waals surface area contributed by atoms with Gasteiger partial charge >= 0.3 is 12.1 Å². The van der Waals surface area contributed by atoms with Crippen molar-refractivity contribution in [3.05, 3.63) is 48.3 Å². The van der Waals surface area contributed by atoms with E-state index >= 15 is 0 Å². The van der Waals surface area contributed by atoms with Crippen LogP contribution in [0.5, 0.6) is 11.5 Å². The number of anilines is 1. The number of para-hydroxylation sites is 2. The van der Waals surface area contributed by atoms with Crippen LogP contribution in [-0.4, -0.2) is 40.7 Å². The van der Waals surface area contributed by atoms with Gasteiger partial charge in [-0.2, -0.15) is 13.2 Å². The molecule has 1 aliphatic heterocycles. The molecule has 0 fully saturated rings. The SMILES string of the molecule is CC(OC(=O)Cn1c(C(F)(F)F)nc2ccccc21)C(=O)Nc1ccc2c(c1)OCCO2. The first-order valence-electron chi connectivity index (χ1n) is 9.65. The third kappa shape index (κ3) is 4.46. The number of fused-ring (bicyclic) bond motifs is 2. The van der Waals surface area contributed by atoms with Gasteiger partial charge in [0, 0.05) is 11.8 Å². The molecule has 1 N–H and O–H groups in total. The molecule has 0 bridgehead atoms. The first-order valence-corrected chi connectivity index (χ1v) is 9.65. The van der Waals surface area contributed by atoms with Crippen LogP contribution in [0.4, 0.5) is 18.9 Å². The molecule has 1 aliphatic rings. The Bertz CT molecular complexity index is 1180. The average molecular weight is 449 g/mol. The minimum atomic E-state index is -4.76. The predicted octanol–water partition coefficient (Wildman–Crippen LogP) is 3.40. The van der Waals surface area contributed by atoms with Crippen molar-refractivity contribution in [3.63, 3.8) is 0 Å². The van der Waals surface area contributed by atoms with Crippen LogP contribution in [0.1, 0.15) is 12.7 Å². The largest absolute Gasteiger partial charge is 0.486 e. The minimum absolute atomic E-state index is 0.0945. The van der Waals surface area contributed by atoms with E-state index in [0.717, 1.165) is 4.57 Å². The number of alkyl halides is 3. The maximum absolute atomic E-state index is 13.4. The van der Waals surface area contributed by atoms with Crippen molar-refractivity contribution in [1.29, 1.82) is 0 Å². The molecular formula is C21H18F3N3O5. The maximum atomic E-state index is 13.4. The molecule has 3 aromatic rings. The Labute approximate surface area is 179 Å². The third-order valence-electron chi connectivity index (χ3n) is 4.68. The lowest BCUT2D eigenvalue weighted by Crippen LogP contribution is -2.31. The average Bonchev–Trinajstić information content (AvgIpc) is 3.12. The highest BCUT2D eigenvalue weighted by molar-refractivity contribution is 5.95. The third-order valence-corrected chi connectivity index (χ3v) is 4.68. The zero-order valence-corrected chi connectivity index (χ0v) is 16.8. The number of hydrogen-bond acceptors (Lipinski definition) is 6. The molecule has 2 aromatic carbocycles. The molecule has 0 radical (unpaired) electrons. The molecule has 8 nitrogen and oxygen atoms in total. The molecule has 1 aromatic heterocycles. The number of aromatic nitrogens is 2. The highest BCUT2D eigenvalue weighted by Crippen LogP contribution is 2.33. The van der Waals surface area contributed by atoms with Crippen molar-refractivity contribution in [3.8, 4) is 11.5 Å². The summed E-state index contributed by atoms with van der Waals surface area (Å²) in [6.45, 7) is 1.37.